The molecular weight excluding hydrogens is 637 g/mol. The number of benzene rings is 7. The fourth-order valence-corrected chi connectivity index (χ4v) is 7.42. The first-order chi connectivity index (χ1) is 25.7. The van der Waals surface area contributed by atoms with Crippen LogP contribution in [0.5, 0.6) is 0 Å². The maximum atomic E-state index is 9.85. The first-order valence-electron chi connectivity index (χ1n) is 17.2. The summed E-state index contributed by atoms with van der Waals surface area (Å²) < 4.78 is 8.76. The Morgan fingerprint density at radius 3 is 1.96 bits per heavy atom. The van der Waals surface area contributed by atoms with Crippen molar-refractivity contribution in [3.05, 3.63) is 175 Å². The number of hydrogen-bond donors (Lipinski definition) is 0. The average molecular weight is 665 g/mol. The molecule has 5 heteroatoms. The predicted molar refractivity (Wildman–Crippen MR) is 210 cm³/mol. The second-order valence-corrected chi connectivity index (χ2v) is 12.9. The van der Waals surface area contributed by atoms with Gasteiger partial charge < -0.3 is 8.98 Å². The fourth-order valence-electron chi connectivity index (χ4n) is 7.42. The number of hydrogen-bond acceptors (Lipinski definition) is 4. The highest BCUT2D eigenvalue weighted by Crippen LogP contribution is 2.42. The lowest BCUT2D eigenvalue weighted by atomic mass is 9.98. The van der Waals surface area contributed by atoms with Crippen molar-refractivity contribution in [1.82, 2.24) is 14.5 Å². The SMILES string of the molecule is N#Cc1cccc(-c2cc(-c3cc(-c4ccccc4)nc(-c4ccccc4)n3)cc(-n3c4ccccc4c4ccc5oc6ccccc6c5c43)c2)c1. The van der Waals surface area contributed by atoms with Crippen molar-refractivity contribution in [3.63, 3.8) is 0 Å². The number of furan rings is 1. The molecule has 7 aromatic carbocycles. The van der Waals surface area contributed by atoms with Crippen LogP contribution in [-0.2, 0) is 0 Å². The highest BCUT2D eigenvalue weighted by atomic mass is 16.3. The third-order valence-corrected chi connectivity index (χ3v) is 9.80. The summed E-state index contributed by atoms with van der Waals surface area (Å²) in [4.78, 5) is 10.3. The van der Waals surface area contributed by atoms with E-state index in [1.54, 1.807) is 0 Å². The van der Waals surface area contributed by atoms with Gasteiger partial charge in [-0.3, -0.25) is 0 Å². The number of rotatable bonds is 5. The van der Waals surface area contributed by atoms with Crippen molar-refractivity contribution in [2.75, 3.05) is 0 Å². The van der Waals surface area contributed by atoms with Gasteiger partial charge >= 0.3 is 0 Å². The van der Waals surface area contributed by atoms with Crippen LogP contribution in [0.3, 0.4) is 0 Å². The zero-order valence-corrected chi connectivity index (χ0v) is 27.9. The van der Waals surface area contributed by atoms with E-state index in [4.69, 9.17) is 14.4 Å². The van der Waals surface area contributed by atoms with Gasteiger partial charge in [-0.15, -0.1) is 0 Å². The molecular formula is C47H28N4O. The Bertz CT molecular complexity index is 2970. The van der Waals surface area contributed by atoms with Crippen molar-refractivity contribution in [2.24, 2.45) is 0 Å². The van der Waals surface area contributed by atoms with Gasteiger partial charge in [0, 0.05) is 38.5 Å². The molecule has 0 spiro atoms. The molecule has 52 heavy (non-hydrogen) atoms. The topological polar surface area (TPSA) is 67.6 Å². The van der Waals surface area contributed by atoms with E-state index in [0.29, 0.717) is 11.4 Å². The summed E-state index contributed by atoms with van der Waals surface area (Å²) in [6, 6.07) is 60.2. The molecule has 242 valence electrons. The van der Waals surface area contributed by atoms with Gasteiger partial charge in [0.25, 0.3) is 0 Å². The molecule has 5 nitrogen and oxygen atoms in total. The number of aromatic nitrogens is 3. The van der Waals surface area contributed by atoms with E-state index in [2.05, 4.69) is 102 Å². The molecule has 0 atom stereocenters. The van der Waals surface area contributed by atoms with Crippen LogP contribution in [0.4, 0.5) is 0 Å². The van der Waals surface area contributed by atoms with Gasteiger partial charge in [0.15, 0.2) is 5.82 Å². The first kappa shape index (κ1) is 29.6. The zero-order valence-electron chi connectivity index (χ0n) is 27.9. The molecule has 0 amide bonds. The monoisotopic (exact) mass is 664 g/mol. The van der Waals surface area contributed by atoms with E-state index < -0.39 is 0 Å². The van der Waals surface area contributed by atoms with Crippen molar-refractivity contribution in [2.45, 2.75) is 0 Å². The second-order valence-electron chi connectivity index (χ2n) is 12.9. The van der Waals surface area contributed by atoms with Crippen molar-refractivity contribution in [1.29, 1.82) is 5.26 Å². The van der Waals surface area contributed by atoms with E-state index in [0.717, 1.165) is 88.6 Å². The van der Waals surface area contributed by atoms with Gasteiger partial charge in [-0.05, 0) is 71.8 Å². The number of para-hydroxylation sites is 2. The molecule has 10 aromatic rings. The molecule has 0 bridgehead atoms. The molecule has 3 aromatic heterocycles. The quantitative estimate of drug-likeness (QED) is 0.184. The third-order valence-electron chi connectivity index (χ3n) is 9.80. The molecule has 0 aliphatic rings. The Morgan fingerprint density at radius 1 is 0.481 bits per heavy atom. The van der Waals surface area contributed by atoms with Crippen LogP contribution in [0.15, 0.2) is 174 Å². The highest BCUT2D eigenvalue weighted by molar-refractivity contribution is 6.24. The van der Waals surface area contributed by atoms with Crippen LogP contribution in [0, 0.1) is 11.3 Å². The standard InChI is InChI=1S/C47H28N4O/c48-29-30-12-11-17-33(24-30)34-25-35(41-28-40(31-13-3-1-4-14-31)49-47(50-41)32-15-5-2-6-16-32)27-36(26-34)51-42-20-9-7-18-37(42)38-22-23-44-45(46(38)51)39-19-8-10-21-43(39)52-44/h1-28H. The van der Waals surface area contributed by atoms with Crippen LogP contribution in [0.2, 0.25) is 0 Å². The van der Waals surface area contributed by atoms with E-state index in [9.17, 15) is 5.26 Å². The molecule has 3 heterocycles. The molecule has 0 unspecified atom stereocenters. The molecule has 0 aliphatic carbocycles. The molecule has 0 radical (unpaired) electrons. The Kier molecular flexibility index (Phi) is 6.80. The van der Waals surface area contributed by atoms with E-state index in [-0.39, 0.29) is 0 Å². The van der Waals surface area contributed by atoms with Crippen LogP contribution in [0.1, 0.15) is 5.56 Å². The summed E-state index contributed by atoms with van der Waals surface area (Å²) in [6.45, 7) is 0. The summed E-state index contributed by atoms with van der Waals surface area (Å²) >= 11 is 0. The zero-order chi connectivity index (χ0) is 34.6. The minimum Gasteiger partial charge on any atom is -0.456 e. The molecule has 0 aliphatic heterocycles. The smallest absolute Gasteiger partial charge is 0.160 e. The van der Waals surface area contributed by atoms with Crippen molar-refractivity contribution in [3.8, 4) is 56.8 Å². The Balaban J connectivity index is 1.31. The number of nitrogens with zero attached hydrogens (tertiary/aromatic N) is 4. The van der Waals surface area contributed by atoms with Crippen LogP contribution in [-0.4, -0.2) is 14.5 Å². The predicted octanol–water partition coefficient (Wildman–Crippen LogP) is 12.0. The maximum absolute atomic E-state index is 9.85. The number of fused-ring (bicyclic) bond motifs is 7. The Hall–Kier alpha value is -7.29. The van der Waals surface area contributed by atoms with Crippen LogP contribution >= 0.6 is 0 Å². The third kappa shape index (κ3) is 4.86. The van der Waals surface area contributed by atoms with Gasteiger partial charge in [-0.25, -0.2) is 9.97 Å². The first-order valence-corrected chi connectivity index (χ1v) is 17.2. The van der Waals surface area contributed by atoms with Gasteiger partial charge in [0.2, 0.25) is 0 Å². The van der Waals surface area contributed by atoms with Gasteiger partial charge in [0.1, 0.15) is 11.2 Å². The summed E-state index contributed by atoms with van der Waals surface area (Å²) in [7, 11) is 0. The summed E-state index contributed by atoms with van der Waals surface area (Å²) in [5.74, 6) is 0.652. The summed E-state index contributed by atoms with van der Waals surface area (Å²) in [5.41, 5.74) is 11.9. The largest absolute Gasteiger partial charge is 0.456 e. The normalized spacial score (nSPS) is 11.4. The van der Waals surface area contributed by atoms with Gasteiger partial charge in [-0.1, -0.05) is 109 Å². The molecule has 0 saturated carbocycles. The Labute approximate surface area is 299 Å². The summed E-state index contributed by atoms with van der Waals surface area (Å²) in [5, 5.41) is 14.3. The van der Waals surface area contributed by atoms with Crippen molar-refractivity contribution < 1.29 is 4.42 Å². The van der Waals surface area contributed by atoms with Gasteiger partial charge in [-0.2, -0.15) is 5.26 Å². The fraction of sp³-hybridized carbons (Fsp3) is 0. The van der Waals surface area contributed by atoms with Crippen LogP contribution in [0.25, 0.3) is 94.5 Å². The van der Waals surface area contributed by atoms with Gasteiger partial charge in [0.05, 0.1) is 39.4 Å². The van der Waals surface area contributed by atoms with E-state index in [1.165, 1.54) is 0 Å². The minimum absolute atomic E-state index is 0.604. The number of nitriles is 1. The maximum Gasteiger partial charge on any atom is 0.160 e. The lowest BCUT2D eigenvalue weighted by Gasteiger charge is -2.15. The second kappa shape index (κ2) is 11.9. The highest BCUT2D eigenvalue weighted by Gasteiger charge is 2.21. The Morgan fingerprint density at radius 2 is 1.15 bits per heavy atom. The van der Waals surface area contributed by atoms with Crippen LogP contribution < -0.4 is 0 Å². The van der Waals surface area contributed by atoms with E-state index in [1.807, 2.05) is 78.9 Å². The minimum atomic E-state index is 0.604. The van der Waals surface area contributed by atoms with Crippen molar-refractivity contribution >= 4 is 43.7 Å². The van der Waals surface area contributed by atoms with E-state index >= 15 is 0 Å². The molecule has 0 fully saturated rings. The summed E-state index contributed by atoms with van der Waals surface area (Å²) in [6.07, 6.45) is 0. The molecule has 0 saturated heterocycles. The lowest BCUT2D eigenvalue weighted by molar-refractivity contribution is 0.669. The average Bonchev–Trinajstić information content (AvgIpc) is 3.77. The lowest BCUT2D eigenvalue weighted by Crippen LogP contribution is -1.99. The molecule has 10 rings (SSSR count). The molecule has 0 N–H and O–H groups in total.